The van der Waals surface area contributed by atoms with Gasteiger partial charge < -0.3 is 10.2 Å². The molecule has 0 unspecified atom stereocenters. The molecule has 1 aromatic carbocycles. The van der Waals surface area contributed by atoms with Crippen LogP contribution in [0, 0.1) is 12.8 Å². The second-order valence-electron chi connectivity index (χ2n) is 6.18. The molecule has 1 fully saturated rings. The molecule has 0 radical (unpaired) electrons. The predicted octanol–water partition coefficient (Wildman–Crippen LogP) is 3.09. The highest BCUT2D eigenvalue weighted by atomic mass is 35.5. The molecule has 0 saturated carbocycles. The van der Waals surface area contributed by atoms with E-state index in [1.54, 1.807) is 0 Å². The van der Waals surface area contributed by atoms with E-state index in [0.29, 0.717) is 11.8 Å². The van der Waals surface area contributed by atoms with Gasteiger partial charge in [-0.3, -0.25) is 4.79 Å². The Kier molecular flexibility index (Phi) is 5.65. The predicted molar refractivity (Wildman–Crippen MR) is 89.3 cm³/mol. The number of fused-ring (bicyclic) bond motifs is 1. The zero-order chi connectivity index (χ0) is 13.9. The molecular weight excluding hydrogens is 284 g/mol. The number of halogens is 1. The van der Waals surface area contributed by atoms with Crippen molar-refractivity contribution in [3.63, 3.8) is 0 Å². The van der Waals surface area contributed by atoms with Crippen LogP contribution in [0.2, 0.25) is 0 Å². The van der Waals surface area contributed by atoms with Crippen LogP contribution in [-0.4, -0.2) is 25.5 Å². The van der Waals surface area contributed by atoms with E-state index in [-0.39, 0.29) is 12.4 Å². The van der Waals surface area contributed by atoms with Gasteiger partial charge in [0.15, 0.2) is 0 Å². The lowest BCUT2D eigenvalue weighted by Gasteiger charge is -2.32. The average molecular weight is 309 g/mol. The first-order valence-corrected chi connectivity index (χ1v) is 7.84. The monoisotopic (exact) mass is 308 g/mol. The number of nitrogens with zero attached hydrogens (tertiary/aromatic N) is 1. The maximum Gasteiger partial charge on any atom is 0.227 e. The Balaban J connectivity index is 0.00000161. The number of rotatable bonds is 2. The second kappa shape index (κ2) is 7.28. The molecule has 1 N–H and O–H groups in total. The van der Waals surface area contributed by atoms with Crippen molar-refractivity contribution in [2.75, 3.05) is 24.5 Å². The van der Waals surface area contributed by atoms with Crippen molar-refractivity contribution in [2.45, 2.75) is 39.0 Å². The standard InChI is InChI=1S/C17H24N2O.ClH/c1-13-4-5-16-15(11-13)3-2-10-19(16)17(20)12-14-6-8-18-9-7-14;/h4-5,11,14,18H,2-3,6-10,12H2,1H3;1H. The first-order chi connectivity index (χ1) is 9.74. The summed E-state index contributed by atoms with van der Waals surface area (Å²) < 4.78 is 0. The van der Waals surface area contributed by atoms with Crippen LogP contribution in [0.1, 0.15) is 36.8 Å². The van der Waals surface area contributed by atoms with Gasteiger partial charge in [0, 0.05) is 18.7 Å². The largest absolute Gasteiger partial charge is 0.317 e. The van der Waals surface area contributed by atoms with Gasteiger partial charge in [0.1, 0.15) is 0 Å². The van der Waals surface area contributed by atoms with Crippen molar-refractivity contribution in [3.8, 4) is 0 Å². The van der Waals surface area contributed by atoms with Crippen molar-refractivity contribution in [1.29, 1.82) is 0 Å². The van der Waals surface area contributed by atoms with Crippen molar-refractivity contribution in [3.05, 3.63) is 29.3 Å². The van der Waals surface area contributed by atoms with E-state index in [1.807, 2.05) is 4.90 Å². The smallest absolute Gasteiger partial charge is 0.227 e. The van der Waals surface area contributed by atoms with Crippen LogP contribution in [0.15, 0.2) is 18.2 Å². The van der Waals surface area contributed by atoms with Crippen LogP contribution >= 0.6 is 12.4 Å². The Morgan fingerprint density at radius 2 is 2.10 bits per heavy atom. The SMILES string of the molecule is Cc1ccc2c(c1)CCCN2C(=O)CC1CCNCC1.Cl. The van der Waals surface area contributed by atoms with Crippen LogP contribution in [0.25, 0.3) is 0 Å². The van der Waals surface area contributed by atoms with Crippen molar-refractivity contribution < 1.29 is 4.79 Å². The Hall–Kier alpha value is -1.06. The van der Waals surface area contributed by atoms with Crippen LogP contribution in [0.4, 0.5) is 5.69 Å². The first kappa shape index (κ1) is 16.3. The minimum absolute atomic E-state index is 0. The van der Waals surface area contributed by atoms with E-state index in [2.05, 4.69) is 30.4 Å². The molecule has 21 heavy (non-hydrogen) atoms. The van der Waals surface area contributed by atoms with E-state index in [0.717, 1.165) is 57.4 Å². The third-order valence-electron chi connectivity index (χ3n) is 4.58. The minimum Gasteiger partial charge on any atom is -0.317 e. The van der Waals surface area contributed by atoms with Gasteiger partial charge in [0.05, 0.1) is 0 Å². The summed E-state index contributed by atoms with van der Waals surface area (Å²) >= 11 is 0. The molecule has 1 amide bonds. The maximum atomic E-state index is 12.6. The molecule has 3 nitrogen and oxygen atoms in total. The van der Waals surface area contributed by atoms with Crippen molar-refractivity contribution in [2.24, 2.45) is 5.92 Å². The van der Waals surface area contributed by atoms with E-state index in [9.17, 15) is 4.79 Å². The summed E-state index contributed by atoms with van der Waals surface area (Å²) in [4.78, 5) is 14.6. The summed E-state index contributed by atoms with van der Waals surface area (Å²) in [5, 5.41) is 3.36. The number of carbonyl (C=O) groups is 1. The molecule has 3 rings (SSSR count). The van der Waals surface area contributed by atoms with Gasteiger partial charge in [0.25, 0.3) is 0 Å². The topological polar surface area (TPSA) is 32.3 Å². The Labute approximate surface area is 133 Å². The number of benzene rings is 1. The highest BCUT2D eigenvalue weighted by Crippen LogP contribution is 2.29. The van der Waals surface area contributed by atoms with Crippen LogP contribution in [-0.2, 0) is 11.2 Å². The van der Waals surface area contributed by atoms with E-state index < -0.39 is 0 Å². The fourth-order valence-electron chi connectivity index (χ4n) is 3.43. The minimum atomic E-state index is 0. The average Bonchev–Trinajstić information content (AvgIpc) is 2.47. The second-order valence-corrected chi connectivity index (χ2v) is 6.18. The number of hydrogen-bond acceptors (Lipinski definition) is 2. The molecule has 1 aromatic rings. The van der Waals surface area contributed by atoms with Crippen LogP contribution in [0.3, 0.4) is 0 Å². The van der Waals surface area contributed by atoms with Gasteiger partial charge in [-0.15, -0.1) is 12.4 Å². The molecule has 4 heteroatoms. The lowest BCUT2D eigenvalue weighted by molar-refractivity contribution is -0.119. The summed E-state index contributed by atoms with van der Waals surface area (Å²) in [7, 11) is 0. The number of amides is 1. The summed E-state index contributed by atoms with van der Waals surface area (Å²) in [5.74, 6) is 0.890. The molecule has 0 spiro atoms. The van der Waals surface area contributed by atoms with Gasteiger partial charge in [-0.25, -0.2) is 0 Å². The number of aryl methyl sites for hydroxylation is 2. The summed E-state index contributed by atoms with van der Waals surface area (Å²) in [5.41, 5.74) is 3.78. The molecule has 0 aliphatic carbocycles. The maximum absolute atomic E-state index is 12.6. The number of anilines is 1. The zero-order valence-electron chi connectivity index (χ0n) is 12.7. The molecular formula is C17H25ClN2O. The van der Waals surface area contributed by atoms with Gasteiger partial charge >= 0.3 is 0 Å². The molecule has 0 atom stereocenters. The van der Waals surface area contributed by atoms with Gasteiger partial charge in [-0.05, 0) is 63.2 Å². The van der Waals surface area contributed by atoms with Gasteiger partial charge in [-0.1, -0.05) is 17.7 Å². The molecule has 2 aliphatic rings. The van der Waals surface area contributed by atoms with E-state index >= 15 is 0 Å². The third kappa shape index (κ3) is 3.78. The Morgan fingerprint density at radius 1 is 1.33 bits per heavy atom. The number of piperidine rings is 1. The molecule has 0 aromatic heterocycles. The fraction of sp³-hybridized carbons (Fsp3) is 0.588. The molecule has 116 valence electrons. The lowest BCUT2D eigenvalue weighted by atomic mass is 9.93. The molecule has 1 saturated heterocycles. The first-order valence-electron chi connectivity index (χ1n) is 7.84. The fourth-order valence-corrected chi connectivity index (χ4v) is 3.43. The molecule has 0 bridgehead atoms. The highest BCUT2D eigenvalue weighted by Gasteiger charge is 2.25. The van der Waals surface area contributed by atoms with Gasteiger partial charge in [0.2, 0.25) is 5.91 Å². The van der Waals surface area contributed by atoms with Crippen molar-refractivity contribution in [1.82, 2.24) is 5.32 Å². The molecule has 2 aliphatic heterocycles. The summed E-state index contributed by atoms with van der Waals surface area (Å²) in [6, 6.07) is 6.48. The highest BCUT2D eigenvalue weighted by molar-refractivity contribution is 5.94. The van der Waals surface area contributed by atoms with Gasteiger partial charge in [-0.2, -0.15) is 0 Å². The van der Waals surface area contributed by atoms with E-state index in [1.165, 1.54) is 11.1 Å². The zero-order valence-corrected chi connectivity index (χ0v) is 13.5. The van der Waals surface area contributed by atoms with Crippen LogP contribution < -0.4 is 10.2 Å². The van der Waals surface area contributed by atoms with Crippen molar-refractivity contribution >= 4 is 24.0 Å². The summed E-state index contributed by atoms with van der Waals surface area (Å²) in [6.07, 6.45) is 5.19. The number of nitrogens with one attached hydrogen (secondary N) is 1. The van der Waals surface area contributed by atoms with Crippen LogP contribution in [0.5, 0.6) is 0 Å². The number of hydrogen-bond donors (Lipinski definition) is 1. The number of carbonyl (C=O) groups excluding carboxylic acids is 1. The normalized spacial score (nSPS) is 18.8. The Morgan fingerprint density at radius 3 is 2.86 bits per heavy atom. The quantitative estimate of drug-likeness (QED) is 0.910. The summed E-state index contributed by atoms with van der Waals surface area (Å²) in [6.45, 7) is 5.14. The lowest BCUT2D eigenvalue weighted by Crippen LogP contribution is -2.38. The Bertz CT molecular complexity index is 498. The third-order valence-corrected chi connectivity index (χ3v) is 4.58. The molecule has 2 heterocycles. The van der Waals surface area contributed by atoms with E-state index in [4.69, 9.17) is 0 Å².